The van der Waals surface area contributed by atoms with Crippen LogP contribution in [0.2, 0.25) is 0 Å². The SMILES string of the molecule is CNC(=O)C(C)Nc1nc(NN)nc(C)c1[N+](=O)[O-]. The highest BCUT2D eigenvalue weighted by atomic mass is 16.6. The number of amides is 1. The van der Waals surface area contributed by atoms with Crippen LogP contribution in [0.25, 0.3) is 0 Å². The first-order valence-corrected chi connectivity index (χ1v) is 5.38. The van der Waals surface area contributed by atoms with Gasteiger partial charge in [0.1, 0.15) is 11.7 Å². The van der Waals surface area contributed by atoms with Crippen LogP contribution < -0.4 is 21.9 Å². The van der Waals surface area contributed by atoms with Gasteiger partial charge < -0.3 is 10.6 Å². The van der Waals surface area contributed by atoms with Crippen LogP contribution >= 0.6 is 0 Å². The second-order valence-corrected chi connectivity index (χ2v) is 3.71. The summed E-state index contributed by atoms with van der Waals surface area (Å²) in [6.07, 6.45) is 0. The molecule has 0 aliphatic heterocycles. The number of likely N-dealkylation sites (N-methyl/N-ethyl adjacent to an activating group) is 1. The Morgan fingerprint density at radius 3 is 2.58 bits per heavy atom. The first-order chi connectivity index (χ1) is 8.90. The molecule has 0 radical (unpaired) electrons. The van der Waals surface area contributed by atoms with Crippen LogP contribution in [-0.4, -0.2) is 33.9 Å². The van der Waals surface area contributed by atoms with Gasteiger partial charge >= 0.3 is 5.69 Å². The number of nitrogens with one attached hydrogen (secondary N) is 3. The van der Waals surface area contributed by atoms with E-state index in [1.54, 1.807) is 6.92 Å². The molecule has 0 bridgehead atoms. The standard InChI is InChI=1S/C9H15N7O3/c1-4-6(16(18)19)7(14-9(13-4)15-10)12-5(2)8(17)11-3/h5H,10H2,1-3H3,(H,11,17)(H2,12,13,14,15). The van der Waals surface area contributed by atoms with Crippen molar-refractivity contribution in [3.63, 3.8) is 0 Å². The smallest absolute Gasteiger partial charge is 0.332 e. The molecular formula is C9H15N7O3. The van der Waals surface area contributed by atoms with Gasteiger partial charge in [-0.25, -0.2) is 10.8 Å². The average Bonchev–Trinajstić information content (AvgIpc) is 2.36. The number of carbonyl (C=O) groups excluding carboxylic acids is 1. The van der Waals surface area contributed by atoms with Crippen LogP contribution in [0.4, 0.5) is 17.5 Å². The molecule has 1 aromatic rings. The molecule has 0 saturated carbocycles. The number of nitro groups is 1. The monoisotopic (exact) mass is 269 g/mol. The zero-order valence-corrected chi connectivity index (χ0v) is 10.7. The molecule has 0 aliphatic carbocycles. The second-order valence-electron chi connectivity index (χ2n) is 3.71. The number of hydrogen-bond acceptors (Lipinski definition) is 8. The summed E-state index contributed by atoms with van der Waals surface area (Å²) in [4.78, 5) is 29.5. The molecule has 0 saturated heterocycles. The third-order valence-electron chi connectivity index (χ3n) is 2.36. The third kappa shape index (κ3) is 3.25. The molecule has 0 aliphatic rings. The largest absolute Gasteiger partial charge is 0.357 e. The van der Waals surface area contributed by atoms with Crippen LogP contribution in [0.1, 0.15) is 12.6 Å². The van der Waals surface area contributed by atoms with Crippen LogP contribution in [0, 0.1) is 17.0 Å². The van der Waals surface area contributed by atoms with Crippen LogP contribution in [-0.2, 0) is 4.79 Å². The fourth-order valence-electron chi connectivity index (χ4n) is 1.44. The molecule has 0 spiro atoms. The molecule has 0 fully saturated rings. The van der Waals surface area contributed by atoms with E-state index in [4.69, 9.17) is 5.84 Å². The molecular weight excluding hydrogens is 254 g/mol. The number of nitrogen functional groups attached to an aromatic ring is 1. The van der Waals surface area contributed by atoms with Gasteiger partial charge in [0.05, 0.1) is 4.92 Å². The Labute approximate surface area is 108 Å². The quantitative estimate of drug-likeness (QED) is 0.318. The summed E-state index contributed by atoms with van der Waals surface area (Å²) >= 11 is 0. The number of aryl methyl sites for hydroxylation is 1. The Kier molecular flexibility index (Phi) is 4.53. The fourth-order valence-corrected chi connectivity index (χ4v) is 1.44. The Morgan fingerprint density at radius 1 is 1.47 bits per heavy atom. The van der Waals surface area contributed by atoms with E-state index in [-0.39, 0.29) is 29.1 Å². The molecule has 1 unspecified atom stereocenters. The van der Waals surface area contributed by atoms with Gasteiger partial charge in [0.25, 0.3) is 0 Å². The highest BCUT2D eigenvalue weighted by Gasteiger charge is 2.24. The molecule has 1 rings (SSSR count). The minimum absolute atomic E-state index is 0.0229. The summed E-state index contributed by atoms with van der Waals surface area (Å²) in [5.41, 5.74) is 2.05. The van der Waals surface area contributed by atoms with Crippen LogP contribution in [0.15, 0.2) is 0 Å². The van der Waals surface area contributed by atoms with Crippen molar-refractivity contribution in [2.24, 2.45) is 5.84 Å². The minimum atomic E-state index is -0.691. The summed E-state index contributed by atoms with van der Waals surface area (Å²) < 4.78 is 0. The van der Waals surface area contributed by atoms with E-state index in [1.165, 1.54) is 14.0 Å². The lowest BCUT2D eigenvalue weighted by Gasteiger charge is -2.14. The zero-order valence-electron chi connectivity index (χ0n) is 10.7. The lowest BCUT2D eigenvalue weighted by molar-refractivity contribution is -0.385. The van der Waals surface area contributed by atoms with Gasteiger partial charge in [-0.1, -0.05) is 0 Å². The predicted molar refractivity (Wildman–Crippen MR) is 68.4 cm³/mol. The molecule has 19 heavy (non-hydrogen) atoms. The van der Waals surface area contributed by atoms with Gasteiger partial charge in [-0.15, -0.1) is 0 Å². The third-order valence-corrected chi connectivity index (χ3v) is 2.36. The lowest BCUT2D eigenvalue weighted by atomic mass is 10.3. The van der Waals surface area contributed by atoms with Gasteiger partial charge in [0.2, 0.25) is 17.7 Å². The van der Waals surface area contributed by atoms with Crippen molar-refractivity contribution in [1.29, 1.82) is 0 Å². The Hall–Kier alpha value is -2.49. The van der Waals surface area contributed by atoms with E-state index >= 15 is 0 Å². The number of carbonyl (C=O) groups is 1. The fraction of sp³-hybridized carbons (Fsp3) is 0.444. The molecule has 1 atom stereocenters. The normalized spacial score (nSPS) is 11.6. The second kappa shape index (κ2) is 5.91. The van der Waals surface area contributed by atoms with Crippen molar-refractivity contribution in [2.75, 3.05) is 17.8 Å². The lowest BCUT2D eigenvalue weighted by Crippen LogP contribution is -2.35. The number of rotatable bonds is 5. The van der Waals surface area contributed by atoms with Crippen LogP contribution in [0.5, 0.6) is 0 Å². The van der Waals surface area contributed by atoms with E-state index in [0.29, 0.717) is 0 Å². The van der Waals surface area contributed by atoms with Crippen molar-refractivity contribution >= 4 is 23.4 Å². The van der Waals surface area contributed by atoms with E-state index in [2.05, 4.69) is 26.0 Å². The summed E-state index contributed by atoms with van der Waals surface area (Å²) in [5.74, 6) is 4.81. The Balaban J connectivity index is 3.19. The number of hydrogen-bond donors (Lipinski definition) is 4. The van der Waals surface area contributed by atoms with E-state index < -0.39 is 11.0 Å². The molecule has 1 heterocycles. The van der Waals surface area contributed by atoms with Gasteiger partial charge in [-0.3, -0.25) is 20.3 Å². The van der Waals surface area contributed by atoms with E-state index in [1.807, 2.05) is 0 Å². The Morgan fingerprint density at radius 2 is 2.11 bits per heavy atom. The first-order valence-electron chi connectivity index (χ1n) is 5.38. The van der Waals surface area contributed by atoms with Crippen molar-refractivity contribution in [2.45, 2.75) is 19.9 Å². The maximum absolute atomic E-state index is 11.4. The molecule has 104 valence electrons. The molecule has 10 heteroatoms. The summed E-state index contributed by atoms with van der Waals surface area (Å²) in [6.45, 7) is 3.01. The predicted octanol–water partition coefficient (Wildman–Crippen LogP) is -0.475. The van der Waals surface area contributed by atoms with Gasteiger partial charge in [0.15, 0.2) is 0 Å². The van der Waals surface area contributed by atoms with Gasteiger partial charge in [-0.2, -0.15) is 4.98 Å². The number of anilines is 2. The topological polar surface area (TPSA) is 148 Å². The number of aromatic nitrogens is 2. The summed E-state index contributed by atoms with van der Waals surface area (Å²) in [7, 11) is 1.47. The maximum Gasteiger partial charge on any atom is 0.332 e. The Bertz CT molecular complexity index is 505. The van der Waals surface area contributed by atoms with E-state index in [0.717, 1.165) is 0 Å². The maximum atomic E-state index is 11.4. The van der Waals surface area contributed by atoms with E-state index in [9.17, 15) is 14.9 Å². The van der Waals surface area contributed by atoms with Crippen molar-refractivity contribution in [1.82, 2.24) is 15.3 Å². The summed E-state index contributed by atoms with van der Waals surface area (Å²) in [6, 6.07) is -0.691. The van der Waals surface area contributed by atoms with Crippen molar-refractivity contribution < 1.29 is 9.72 Å². The van der Waals surface area contributed by atoms with Crippen molar-refractivity contribution in [3.8, 4) is 0 Å². The number of hydrazine groups is 1. The number of nitrogens with zero attached hydrogens (tertiary/aromatic N) is 3. The molecule has 5 N–H and O–H groups in total. The van der Waals surface area contributed by atoms with Gasteiger partial charge in [-0.05, 0) is 13.8 Å². The average molecular weight is 269 g/mol. The minimum Gasteiger partial charge on any atom is -0.357 e. The zero-order chi connectivity index (χ0) is 14.6. The van der Waals surface area contributed by atoms with Crippen LogP contribution in [0.3, 0.4) is 0 Å². The molecule has 0 aromatic carbocycles. The van der Waals surface area contributed by atoms with Gasteiger partial charge in [0, 0.05) is 7.05 Å². The molecule has 1 aromatic heterocycles. The van der Waals surface area contributed by atoms with Crippen molar-refractivity contribution in [3.05, 3.63) is 15.8 Å². The first kappa shape index (κ1) is 14.6. The highest BCUT2D eigenvalue weighted by Crippen LogP contribution is 2.26. The highest BCUT2D eigenvalue weighted by molar-refractivity contribution is 5.84. The number of nitrogens with two attached hydrogens (primary N) is 1. The summed E-state index contributed by atoms with van der Waals surface area (Å²) in [5, 5.41) is 16.1. The molecule has 10 nitrogen and oxygen atoms in total. The molecule has 1 amide bonds.